The molecule has 1 amide bonds. The van der Waals surface area contributed by atoms with E-state index in [0.29, 0.717) is 47.1 Å². The predicted molar refractivity (Wildman–Crippen MR) is 185 cm³/mol. The SMILES string of the molecule is COc1ccc(CN(c2ncns2)S(=O)(=O)c2cc(F)c(OC[C@H]3CN(C(=O)OC(C)(C)C)CC[C@@H]3c3ccc(F)c(C(F)(F)F)c3)cc2F)c(OC)c1. The summed E-state index contributed by atoms with van der Waals surface area (Å²) in [6.45, 7) is 4.02. The zero-order chi connectivity index (χ0) is 39.6. The summed E-state index contributed by atoms with van der Waals surface area (Å²) in [6, 6.07) is 8.16. The summed E-state index contributed by atoms with van der Waals surface area (Å²) >= 11 is 0.695. The van der Waals surface area contributed by atoms with Gasteiger partial charge in [0.1, 0.15) is 40.0 Å². The van der Waals surface area contributed by atoms with Gasteiger partial charge in [-0.1, -0.05) is 6.07 Å². The van der Waals surface area contributed by atoms with Gasteiger partial charge >= 0.3 is 12.3 Å². The number of likely N-dealkylation sites (tertiary alicyclic amines) is 1. The lowest BCUT2D eigenvalue weighted by Gasteiger charge is -2.39. The highest BCUT2D eigenvalue weighted by Gasteiger charge is 2.39. The van der Waals surface area contributed by atoms with Crippen molar-refractivity contribution >= 4 is 32.8 Å². The fourth-order valence-electron chi connectivity index (χ4n) is 5.93. The maximum absolute atomic E-state index is 15.8. The third-order valence-electron chi connectivity index (χ3n) is 8.49. The van der Waals surface area contributed by atoms with Crippen molar-refractivity contribution in [3.8, 4) is 17.2 Å². The first-order valence-corrected chi connectivity index (χ1v) is 18.5. The van der Waals surface area contributed by atoms with E-state index < -0.39 is 86.5 Å². The molecule has 0 unspecified atom stereocenters. The molecule has 1 saturated heterocycles. The number of carbonyl (C=O) groups excluding carboxylic acids is 1. The first kappa shape index (κ1) is 40.4. The lowest BCUT2D eigenvalue weighted by molar-refractivity contribution is -0.140. The van der Waals surface area contributed by atoms with Gasteiger partial charge in [0.05, 0.1) is 32.9 Å². The van der Waals surface area contributed by atoms with E-state index in [4.69, 9.17) is 18.9 Å². The molecule has 1 fully saturated rings. The Hall–Kier alpha value is -4.78. The van der Waals surface area contributed by atoms with Crippen molar-refractivity contribution in [1.29, 1.82) is 0 Å². The summed E-state index contributed by atoms with van der Waals surface area (Å²) in [5, 5.41) is -0.152. The van der Waals surface area contributed by atoms with Gasteiger partial charge in [-0.15, -0.1) is 0 Å². The van der Waals surface area contributed by atoms with Crippen molar-refractivity contribution in [2.24, 2.45) is 5.92 Å². The summed E-state index contributed by atoms with van der Waals surface area (Å²) in [4.78, 5) is 17.2. The molecule has 3 aromatic carbocycles. The molecule has 2 atom stereocenters. The van der Waals surface area contributed by atoms with Gasteiger partial charge in [0.25, 0.3) is 10.0 Å². The van der Waals surface area contributed by atoms with Crippen molar-refractivity contribution in [3.05, 3.63) is 89.0 Å². The van der Waals surface area contributed by atoms with Gasteiger partial charge < -0.3 is 23.8 Å². The van der Waals surface area contributed by atoms with Crippen molar-refractivity contribution in [2.75, 3.05) is 38.2 Å². The molecular formula is C35H36F6N4O7S2. The van der Waals surface area contributed by atoms with Crippen LogP contribution < -0.4 is 18.5 Å². The number of nitrogens with zero attached hydrogens (tertiary/aromatic N) is 4. The van der Waals surface area contributed by atoms with Gasteiger partial charge in [0.15, 0.2) is 11.6 Å². The van der Waals surface area contributed by atoms with E-state index in [2.05, 4.69) is 9.36 Å². The van der Waals surface area contributed by atoms with Crippen molar-refractivity contribution in [3.63, 3.8) is 0 Å². The number of benzene rings is 3. The Morgan fingerprint density at radius 3 is 2.33 bits per heavy atom. The molecule has 0 spiro atoms. The summed E-state index contributed by atoms with van der Waals surface area (Å²) in [5.74, 6) is -5.72. The Morgan fingerprint density at radius 2 is 1.70 bits per heavy atom. The van der Waals surface area contributed by atoms with Crippen molar-refractivity contribution < 1.29 is 58.5 Å². The van der Waals surface area contributed by atoms with E-state index in [1.54, 1.807) is 26.8 Å². The van der Waals surface area contributed by atoms with E-state index >= 15 is 8.78 Å². The molecule has 1 aliphatic heterocycles. The van der Waals surface area contributed by atoms with Crippen LogP contribution in [0.4, 0.5) is 36.3 Å². The van der Waals surface area contributed by atoms with Gasteiger partial charge in [-0.3, -0.25) is 0 Å². The van der Waals surface area contributed by atoms with E-state index in [9.17, 15) is 30.8 Å². The van der Waals surface area contributed by atoms with Crippen LogP contribution in [0.25, 0.3) is 0 Å². The van der Waals surface area contributed by atoms with Crippen LogP contribution in [0.1, 0.15) is 49.8 Å². The summed E-state index contributed by atoms with van der Waals surface area (Å²) in [7, 11) is -2.07. The number of alkyl halides is 3. The number of rotatable bonds is 11. The number of hydrogen-bond acceptors (Lipinski definition) is 10. The standard InChI is InChI=1S/C35H36F6N4O7S2/c1-34(2,3)52-33(46)44-11-10-24(20-7-9-26(36)25(12-20)35(39,40)41)22(16-44)18-51-30-14-28(38)31(15-27(30)37)54(47,48)45(32-42-19-43-53-32)17-21-6-8-23(49-4)13-29(21)50-5/h6-9,12-15,19,22,24H,10-11,16-18H2,1-5H3/t22-,24-/m1/s1. The average Bonchev–Trinajstić information content (AvgIpc) is 3.64. The monoisotopic (exact) mass is 802 g/mol. The number of ether oxygens (including phenoxy) is 4. The third-order valence-corrected chi connectivity index (χ3v) is 11.0. The second kappa shape index (κ2) is 15.9. The number of sulfonamides is 1. The van der Waals surface area contributed by atoms with Gasteiger partial charge in [-0.2, -0.15) is 17.5 Å². The number of amides is 1. The minimum absolute atomic E-state index is 0.0673. The molecule has 0 aliphatic carbocycles. The van der Waals surface area contributed by atoms with E-state index in [-0.39, 0.29) is 36.0 Å². The first-order valence-electron chi connectivity index (χ1n) is 16.3. The summed E-state index contributed by atoms with van der Waals surface area (Å²) in [5.41, 5.74) is -1.91. The molecule has 0 N–H and O–H groups in total. The molecule has 0 bridgehead atoms. The van der Waals surface area contributed by atoms with Gasteiger partial charge in [0, 0.05) is 54.3 Å². The van der Waals surface area contributed by atoms with Crippen LogP contribution in [0.2, 0.25) is 0 Å². The minimum Gasteiger partial charge on any atom is -0.497 e. The first-order chi connectivity index (χ1) is 25.3. The van der Waals surface area contributed by atoms with Crippen LogP contribution in [-0.2, 0) is 27.5 Å². The molecule has 54 heavy (non-hydrogen) atoms. The number of hydrogen-bond donors (Lipinski definition) is 0. The molecule has 1 aliphatic rings. The van der Waals surface area contributed by atoms with Crippen LogP contribution >= 0.6 is 11.5 Å². The number of carbonyl (C=O) groups is 1. The highest BCUT2D eigenvalue weighted by Crippen LogP contribution is 2.39. The molecule has 19 heteroatoms. The van der Waals surface area contributed by atoms with Crippen LogP contribution in [-0.4, -0.2) is 68.3 Å². The molecule has 5 rings (SSSR count). The zero-order valence-corrected chi connectivity index (χ0v) is 31.3. The largest absolute Gasteiger partial charge is 0.497 e. The van der Waals surface area contributed by atoms with E-state index in [1.807, 2.05) is 0 Å². The Balaban J connectivity index is 1.44. The number of piperidine rings is 1. The number of anilines is 1. The topological polar surface area (TPSA) is 120 Å². The minimum atomic E-state index is -4.99. The second-order valence-electron chi connectivity index (χ2n) is 13.3. The second-order valence-corrected chi connectivity index (χ2v) is 15.8. The van der Waals surface area contributed by atoms with E-state index in [1.165, 1.54) is 37.3 Å². The average molecular weight is 803 g/mol. The predicted octanol–water partition coefficient (Wildman–Crippen LogP) is 7.81. The van der Waals surface area contributed by atoms with Crippen LogP contribution in [0.3, 0.4) is 0 Å². The maximum Gasteiger partial charge on any atom is 0.419 e. The zero-order valence-electron chi connectivity index (χ0n) is 29.6. The third kappa shape index (κ3) is 9.11. The summed E-state index contributed by atoms with van der Waals surface area (Å²) < 4.78 is 141. The maximum atomic E-state index is 15.8. The van der Waals surface area contributed by atoms with Crippen LogP contribution in [0.15, 0.2) is 59.8 Å². The highest BCUT2D eigenvalue weighted by atomic mass is 32.2. The van der Waals surface area contributed by atoms with Gasteiger partial charge in [0.2, 0.25) is 5.13 Å². The van der Waals surface area contributed by atoms with Crippen molar-refractivity contribution in [1.82, 2.24) is 14.3 Å². The normalized spacial score (nSPS) is 16.5. The van der Waals surface area contributed by atoms with Crippen LogP contribution in [0, 0.1) is 23.4 Å². The van der Waals surface area contributed by atoms with Crippen LogP contribution in [0.5, 0.6) is 17.2 Å². The molecule has 2 heterocycles. The Morgan fingerprint density at radius 1 is 0.963 bits per heavy atom. The molecule has 1 aromatic heterocycles. The quantitative estimate of drug-likeness (QED) is 0.140. The molecule has 0 radical (unpaired) electrons. The molecule has 4 aromatic rings. The highest BCUT2D eigenvalue weighted by molar-refractivity contribution is 7.93. The molecule has 0 saturated carbocycles. The lowest BCUT2D eigenvalue weighted by Crippen LogP contribution is -2.46. The number of halogens is 6. The fourth-order valence-corrected chi connectivity index (χ4v) is 8.12. The molecular weight excluding hydrogens is 767 g/mol. The number of methoxy groups -OCH3 is 2. The Labute approximate surface area is 311 Å². The fraction of sp³-hybridized carbons (Fsp3) is 0.400. The van der Waals surface area contributed by atoms with Gasteiger partial charge in [-0.05, 0) is 62.9 Å². The molecule has 11 nitrogen and oxygen atoms in total. The summed E-state index contributed by atoms with van der Waals surface area (Å²) in [6.07, 6.45) is -4.50. The van der Waals surface area contributed by atoms with Crippen molar-refractivity contribution in [2.45, 2.75) is 56.3 Å². The smallest absolute Gasteiger partial charge is 0.419 e. The number of aromatic nitrogens is 2. The molecule has 292 valence electrons. The Bertz CT molecular complexity index is 2080. The Kier molecular flexibility index (Phi) is 11.9. The lowest BCUT2D eigenvalue weighted by atomic mass is 9.80. The van der Waals surface area contributed by atoms with E-state index in [0.717, 1.165) is 10.6 Å². The van der Waals surface area contributed by atoms with Gasteiger partial charge in [-0.25, -0.2) is 35.7 Å².